The highest BCUT2D eigenvalue weighted by Gasteiger charge is 2.07. The molecule has 0 amide bonds. The molecule has 0 aliphatic carbocycles. The van der Waals surface area contributed by atoms with Crippen LogP contribution in [0.2, 0.25) is 0 Å². The van der Waals surface area contributed by atoms with E-state index >= 15 is 0 Å². The minimum Gasteiger partial charge on any atom is -0.340 e. The van der Waals surface area contributed by atoms with Gasteiger partial charge in [-0.3, -0.25) is 0 Å². The summed E-state index contributed by atoms with van der Waals surface area (Å²) in [5.41, 5.74) is 3.73. The Bertz CT molecular complexity index is 600. The third kappa shape index (κ3) is 3.21. The zero-order valence-electron chi connectivity index (χ0n) is 11.6. The number of aromatic nitrogens is 2. The standard InChI is InChI=1S/C14H18FN5/c1-3-5-12-18-13(8-14(19-12)20-16)17-11-7-4-6-10(15)9(11)2/h4,6-8H,3,5,16H2,1-2H3,(H2,17,18,19,20). The molecule has 0 fully saturated rings. The van der Waals surface area contributed by atoms with Gasteiger partial charge in [-0.1, -0.05) is 13.0 Å². The van der Waals surface area contributed by atoms with Crippen molar-refractivity contribution >= 4 is 17.3 Å². The Morgan fingerprint density at radius 2 is 2.00 bits per heavy atom. The molecule has 1 aromatic carbocycles. The second-order valence-electron chi connectivity index (χ2n) is 4.49. The van der Waals surface area contributed by atoms with Gasteiger partial charge in [0.1, 0.15) is 23.3 Å². The van der Waals surface area contributed by atoms with Crippen molar-refractivity contribution in [1.29, 1.82) is 0 Å². The first-order chi connectivity index (χ1) is 9.63. The smallest absolute Gasteiger partial charge is 0.145 e. The van der Waals surface area contributed by atoms with Crippen molar-refractivity contribution in [3.05, 3.63) is 41.5 Å². The number of nitrogens with zero attached hydrogens (tertiary/aromatic N) is 2. The van der Waals surface area contributed by atoms with E-state index in [1.54, 1.807) is 25.1 Å². The molecule has 0 atom stereocenters. The SMILES string of the molecule is CCCc1nc(NN)cc(Nc2cccc(F)c2C)n1. The van der Waals surface area contributed by atoms with Gasteiger partial charge in [0.2, 0.25) is 0 Å². The summed E-state index contributed by atoms with van der Waals surface area (Å²) >= 11 is 0. The van der Waals surface area contributed by atoms with Gasteiger partial charge < -0.3 is 10.7 Å². The van der Waals surface area contributed by atoms with E-state index in [4.69, 9.17) is 5.84 Å². The van der Waals surface area contributed by atoms with Gasteiger partial charge >= 0.3 is 0 Å². The molecule has 6 heteroatoms. The predicted octanol–water partition coefficient (Wildman–Crippen LogP) is 2.91. The Hall–Kier alpha value is -2.21. The number of halogens is 1. The number of nitrogen functional groups attached to an aromatic ring is 1. The first kappa shape index (κ1) is 14.2. The van der Waals surface area contributed by atoms with Gasteiger partial charge in [0, 0.05) is 23.7 Å². The number of hydrazine groups is 1. The van der Waals surface area contributed by atoms with Crippen molar-refractivity contribution in [2.24, 2.45) is 5.84 Å². The number of rotatable bonds is 5. The molecule has 0 saturated heterocycles. The van der Waals surface area contributed by atoms with Gasteiger partial charge in [0.25, 0.3) is 0 Å². The topological polar surface area (TPSA) is 75.9 Å². The second-order valence-corrected chi connectivity index (χ2v) is 4.49. The summed E-state index contributed by atoms with van der Waals surface area (Å²) in [7, 11) is 0. The van der Waals surface area contributed by atoms with Gasteiger partial charge in [0.15, 0.2) is 0 Å². The lowest BCUT2D eigenvalue weighted by atomic mass is 10.2. The largest absolute Gasteiger partial charge is 0.340 e. The summed E-state index contributed by atoms with van der Waals surface area (Å²) in [6.07, 6.45) is 1.69. The van der Waals surface area contributed by atoms with Crippen molar-refractivity contribution < 1.29 is 4.39 Å². The fraction of sp³-hybridized carbons (Fsp3) is 0.286. The van der Waals surface area contributed by atoms with E-state index < -0.39 is 0 Å². The summed E-state index contributed by atoms with van der Waals surface area (Å²) in [5.74, 6) is 6.96. The Morgan fingerprint density at radius 1 is 1.25 bits per heavy atom. The van der Waals surface area contributed by atoms with E-state index in [1.807, 2.05) is 0 Å². The monoisotopic (exact) mass is 275 g/mol. The van der Waals surface area contributed by atoms with Gasteiger partial charge in [-0.05, 0) is 25.5 Å². The Morgan fingerprint density at radius 3 is 2.70 bits per heavy atom. The summed E-state index contributed by atoms with van der Waals surface area (Å²) in [6, 6.07) is 6.57. The average Bonchev–Trinajstić information content (AvgIpc) is 2.44. The van der Waals surface area contributed by atoms with Gasteiger partial charge in [-0.15, -0.1) is 0 Å². The Labute approximate surface area is 117 Å². The molecule has 0 saturated carbocycles. The molecule has 2 rings (SSSR count). The number of benzene rings is 1. The lowest BCUT2D eigenvalue weighted by Gasteiger charge is -2.11. The van der Waals surface area contributed by atoms with E-state index in [-0.39, 0.29) is 5.82 Å². The molecule has 106 valence electrons. The van der Waals surface area contributed by atoms with E-state index in [9.17, 15) is 4.39 Å². The molecule has 0 spiro atoms. The lowest BCUT2D eigenvalue weighted by Crippen LogP contribution is -2.11. The van der Waals surface area contributed by atoms with Crippen LogP contribution in [-0.2, 0) is 6.42 Å². The number of nitrogens with two attached hydrogens (primary N) is 1. The molecule has 0 bridgehead atoms. The van der Waals surface area contributed by atoms with E-state index in [2.05, 4.69) is 27.6 Å². The molecule has 0 unspecified atom stereocenters. The van der Waals surface area contributed by atoms with Crippen molar-refractivity contribution in [2.75, 3.05) is 10.7 Å². The summed E-state index contributed by atoms with van der Waals surface area (Å²) in [6.45, 7) is 3.77. The van der Waals surface area contributed by atoms with E-state index in [1.165, 1.54) is 6.07 Å². The molecule has 20 heavy (non-hydrogen) atoms. The Balaban J connectivity index is 2.32. The maximum absolute atomic E-state index is 13.5. The third-order valence-corrected chi connectivity index (χ3v) is 2.92. The Kier molecular flexibility index (Phi) is 4.47. The molecular formula is C14H18FN5. The van der Waals surface area contributed by atoms with E-state index in [0.717, 1.165) is 12.8 Å². The number of hydrogen-bond acceptors (Lipinski definition) is 5. The molecule has 0 aliphatic heterocycles. The quantitative estimate of drug-likeness (QED) is 0.578. The van der Waals surface area contributed by atoms with Crippen LogP contribution in [0, 0.1) is 12.7 Å². The average molecular weight is 275 g/mol. The van der Waals surface area contributed by atoms with Gasteiger partial charge in [0.05, 0.1) is 0 Å². The normalized spacial score (nSPS) is 10.4. The number of nitrogens with one attached hydrogen (secondary N) is 2. The van der Waals surface area contributed by atoms with Crippen molar-refractivity contribution in [3.8, 4) is 0 Å². The van der Waals surface area contributed by atoms with Crippen LogP contribution in [0.15, 0.2) is 24.3 Å². The van der Waals surface area contributed by atoms with Crippen molar-refractivity contribution in [1.82, 2.24) is 9.97 Å². The minimum absolute atomic E-state index is 0.255. The maximum atomic E-state index is 13.5. The van der Waals surface area contributed by atoms with Crippen LogP contribution in [0.25, 0.3) is 0 Å². The molecule has 1 heterocycles. The zero-order valence-corrected chi connectivity index (χ0v) is 11.6. The fourth-order valence-electron chi connectivity index (χ4n) is 1.85. The first-order valence-electron chi connectivity index (χ1n) is 6.50. The number of anilines is 3. The molecule has 0 radical (unpaired) electrons. The maximum Gasteiger partial charge on any atom is 0.145 e. The molecule has 5 nitrogen and oxygen atoms in total. The van der Waals surface area contributed by atoms with Crippen molar-refractivity contribution in [3.63, 3.8) is 0 Å². The van der Waals surface area contributed by atoms with Crippen LogP contribution in [0.4, 0.5) is 21.7 Å². The van der Waals surface area contributed by atoms with Gasteiger partial charge in [-0.25, -0.2) is 20.2 Å². The van der Waals surface area contributed by atoms with Crippen LogP contribution in [-0.4, -0.2) is 9.97 Å². The third-order valence-electron chi connectivity index (χ3n) is 2.92. The van der Waals surface area contributed by atoms with Gasteiger partial charge in [-0.2, -0.15) is 0 Å². The highest BCUT2D eigenvalue weighted by Crippen LogP contribution is 2.22. The molecule has 4 N–H and O–H groups in total. The van der Waals surface area contributed by atoms with Crippen LogP contribution < -0.4 is 16.6 Å². The van der Waals surface area contributed by atoms with Crippen LogP contribution in [0.1, 0.15) is 24.7 Å². The number of hydrogen-bond donors (Lipinski definition) is 3. The summed E-state index contributed by atoms with van der Waals surface area (Å²) < 4.78 is 13.5. The summed E-state index contributed by atoms with van der Waals surface area (Å²) in [4.78, 5) is 8.66. The van der Waals surface area contributed by atoms with Crippen molar-refractivity contribution in [2.45, 2.75) is 26.7 Å². The predicted molar refractivity (Wildman–Crippen MR) is 78.3 cm³/mol. The zero-order chi connectivity index (χ0) is 14.5. The molecular weight excluding hydrogens is 257 g/mol. The molecule has 0 aliphatic rings. The van der Waals surface area contributed by atoms with Crippen LogP contribution in [0.5, 0.6) is 0 Å². The first-order valence-corrected chi connectivity index (χ1v) is 6.50. The van der Waals surface area contributed by atoms with Crippen LogP contribution >= 0.6 is 0 Å². The highest BCUT2D eigenvalue weighted by atomic mass is 19.1. The minimum atomic E-state index is -0.255. The molecule has 1 aromatic heterocycles. The van der Waals surface area contributed by atoms with Crippen LogP contribution in [0.3, 0.4) is 0 Å². The summed E-state index contributed by atoms with van der Waals surface area (Å²) in [5, 5.41) is 3.10. The second kappa shape index (κ2) is 6.29. The lowest BCUT2D eigenvalue weighted by molar-refractivity contribution is 0.619. The van der Waals surface area contributed by atoms with E-state index in [0.29, 0.717) is 28.7 Å². The molecule has 2 aromatic rings. The highest BCUT2D eigenvalue weighted by molar-refractivity contribution is 5.62. The number of aryl methyl sites for hydroxylation is 1. The fourth-order valence-corrected chi connectivity index (χ4v) is 1.85.